The molecule has 1 aliphatic heterocycles. The Balaban J connectivity index is 0.00000450. The van der Waals surface area contributed by atoms with Crippen LogP contribution in [0.4, 0.5) is 0 Å². The Morgan fingerprint density at radius 3 is 2.50 bits per heavy atom. The Morgan fingerprint density at radius 2 is 1.97 bits per heavy atom. The lowest BCUT2D eigenvalue weighted by Gasteiger charge is -2.34. The largest absolute Gasteiger partial charge is 0.359 e. The van der Waals surface area contributed by atoms with E-state index in [1.165, 1.54) is 11.3 Å². The minimum atomic E-state index is -3.51. The smallest absolute Gasteiger partial charge is 0.241 e. The summed E-state index contributed by atoms with van der Waals surface area (Å²) in [6, 6.07) is 1.71. The summed E-state index contributed by atoms with van der Waals surface area (Å²) in [5, 5.41) is 5.97. The monoisotopic (exact) mass is 571 g/mol. The number of aliphatic imine (C=N–C) groups is 1. The lowest BCUT2D eigenvalue weighted by Crippen LogP contribution is -2.46. The van der Waals surface area contributed by atoms with E-state index in [2.05, 4.69) is 25.2 Å². The van der Waals surface area contributed by atoms with E-state index in [-0.39, 0.29) is 36.4 Å². The average Bonchev–Trinajstić information content (AvgIpc) is 3.04. The van der Waals surface area contributed by atoms with Crippen molar-refractivity contribution < 1.29 is 13.2 Å². The summed E-state index contributed by atoms with van der Waals surface area (Å²) >= 11 is 1.48. The Labute approximate surface area is 201 Å². The first-order chi connectivity index (χ1) is 13.8. The average molecular weight is 572 g/mol. The number of nitrogens with one attached hydrogen (secondary N) is 3. The zero-order valence-corrected chi connectivity index (χ0v) is 22.1. The molecule has 0 spiro atoms. The molecule has 0 saturated carbocycles. The van der Waals surface area contributed by atoms with E-state index in [9.17, 15) is 13.2 Å². The summed E-state index contributed by atoms with van der Waals surface area (Å²) in [7, 11) is -1.84. The molecule has 1 aromatic heterocycles. The van der Waals surface area contributed by atoms with E-state index in [1.54, 1.807) is 13.1 Å². The van der Waals surface area contributed by atoms with Crippen LogP contribution in [0.3, 0.4) is 0 Å². The number of hydrogen-bond acceptors (Lipinski definition) is 5. The van der Waals surface area contributed by atoms with Crippen molar-refractivity contribution in [1.29, 1.82) is 0 Å². The van der Waals surface area contributed by atoms with E-state index in [0.717, 1.165) is 48.2 Å². The van der Waals surface area contributed by atoms with Crippen LogP contribution in [-0.4, -0.2) is 65.0 Å². The number of guanidine groups is 1. The van der Waals surface area contributed by atoms with E-state index < -0.39 is 10.0 Å². The van der Waals surface area contributed by atoms with Crippen molar-refractivity contribution in [3.8, 4) is 0 Å². The van der Waals surface area contributed by atoms with Gasteiger partial charge in [-0.05, 0) is 45.6 Å². The van der Waals surface area contributed by atoms with Crippen molar-refractivity contribution in [1.82, 2.24) is 20.3 Å². The van der Waals surface area contributed by atoms with Gasteiger partial charge >= 0.3 is 0 Å². The summed E-state index contributed by atoms with van der Waals surface area (Å²) in [5.41, 5.74) is 0. The quantitative estimate of drug-likeness (QED) is 0.192. The molecule has 8 nitrogen and oxygen atoms in total. The Kier molecular flexibility index (Phi) is 11.6. The van der Waals surface area contributed by atoms with Crippen LogP contribution in [0, 0.1) is 19.8 Å². The van der Waals surface area contributed by atoms with Gasteiger partial charge < -0.3 is 15.5 Å². The van der Waals surface area contributed by atoms with Gasteiger partial charge in [-0.15, -0.1) is 35.3 Å². The summed E-state index contributed by atoms with van der Waals surface area (Å²) in [5.74, 6) is 1.29. The van der Waals surface area contributed by atoms with Gasteiger partial charge in [-0.25, -0.2) is 13.1 Å². The minimum Gasteiger partial charge on any atom is -0.359 e. The number of rotatable bonds is 8. The number of carbonyl (C=O) groups excluding carboxylic acids is 1. The molecule has 172 valence electrons. The third-order valence-electron chi connectivity index (χ3n) is 4.95. The number of piperidine rings is 1. The predicted molar refractivity (Wildman–Crippen MR) is 133 cm³/mol. The number of thiophene rings is 1. The first-order valence-electron chi connectivity index (χ1n) is 10.1. The van der Waals surface area contributed by atoms with E-state index >= 15 is 0 Å². The predicted octanol–water partition coefficient (Wildman–Crippen LogP) is 2.07. The molecule has 1 fully saturated rings. The maximum Gasteiger partial charge on any atom is 0.241 e. The fourth-order valence-electron chi connectivity index (χ4n) is 3.43. The highest BCUT2D eigenvalue weighted by Gasteiger charge is 2.23. The molecule has 30 heavy (non-hydrogen) atoms. The van der Waals surface area contributed by atoms with E-state index in [1.807, 2.05) is 20.8 Å². The van der Waals surface area contributed by atoms with Crippen LogP contribution >= 0.6 is 35.3 Å². The SMILES string of the molecule is CCNC(=NCCNS(=O)(=O)c1cc(C)sc1C)N1CCC(CC(=O)NC)CC1.I. The number of halogens is 1. The molecule has 0 unspecified atom stereocenters. The van der Waals surface area contributed by atoms with Crippen LogP contribution in [0.2, 0.25) is 0 Å². The third-order valence-corrected chi connectivity index (χ3v) is 7.63. The Hall–Kier alpha value is -0.920. The van der Waals surface area contributed by atoms with Gasteiger partial charge in [-0.1, -0.05) is 0 Å². The van der Waals surface area contributed by atoms with Crippen LogP contribution in [0.5, 0.6) is 0 Å². The number of likely N-dealkylation sites (tertiary alicyclic amines) is 1. The minimum absolute atomic E-state index is 0. The zero-order valence-electron chi connectivity index (χ0n) is 18.2. The summed E-state index contributed by atoms with van der Waals surface area (Å²) in [6.45, 7) is 8.77. The van der Waals surface area contributed by atoms with Gasteiger partial charge in [0.1, 0.15) is 0 Å². The molecular weight excluding hydrogens is 537 g/mol. The third kappa shape index (κ3) is 7.97. The van der Waals surface area contributed by atoms with Crippen molar-refractivity contribution >= 4 is 57.2 Å². The van der Waals surface area contributed by atoms with Gasteiger partial charge in [0.25, 0.3) is 0 Å². The number of sulfonamides is 1. The first-order valence-corrected chi connectivity index (χ1v) is 12.4. The molecule has 0 atom stereocenters. The first kappa shape index (κ1) is 27.1. The van der Waals surface area contributed by atoms with E-state index in [4.69, 9.17) is 0 Å². The highest BCUT2D eigenvalue weighted by molar-refractivity contribution is 14.0. The van der Waals surface area contributed by atoms with Crippen molar-refractivity contribution in [3.05, 3.63) is 15.8 Å². The molecule has 3 N–H and O–H groups in total. The second-order valence-electron chi connectivity index (χ2n) is 7.22. The van der Waals surface area contributed by atoms with Crippen molar-refractivity contribution in [3.63, 3.8) is 0 Å². The van der Waals surface area contributed by atoms with Crippen molar-refractivity contribution in [2.45, 2.75) is 44.9 Å². The lowest BCUT2D eigenvalue weighted by atomic mass is 9.93. The van der Waals surface area contributed by atoms with Crippen LogP contribution in [0.15, 0.2) is 16.0 Å². The van der Waals surface area contributed by atoms with Crippen LogP contribution in [0.25, 0.3) is 0 Å². The molecule has 0 aromatic carbocycles. The summed E-state index contributed by atoms with van der Waals surface area (Å²) in [4.78, 5) is 20.5. The second kappa shape index (κ2) is 12.8. The normalized spacial score (nSPS) is 15.6. The molecule has 2 heterocycles. The van der Waals surface area contributed by atoms with Crippen molar-refractivity contribution in [2.24, 2.45) is 10.9 Å². The fraction of sp³-hybridized carbons (Fsp3) is 0.684. The highest BCUT2D eigenvalue weighted by Crippen LogP contribution is 2.24. The molecular formula is C19H34IN5O3S2. The fourth-order valence-corrected chi connectivity index (χ4v) is 6.01. The standard InChI is InChI=1S/C19H33N5O3S2.HI/c1-5-21-19(24-10-6-16(7-11-24)13-18(25)20-4)22-8-9-23-29(26,27)17-12-14(2)28-15(17)3;/h12,16,23H,5-11,13H2,1-4H3,(H,20,25)(H,21,22);1H. The van der Waals surface area contributed by atoms with Gasteiger partial charge in [0, 0.05) is 49.4 Å². The molecule has 11 heteroatoms. The Morgan fingerprint density at radius 1 is 1.30 bits per heavy atom. The molecule has 1 aliphatic rings. The number of hydrogen-bond donors (Lipinski definition) is 3. The zero-order chi connectivity index (χ0) is 21.4. The highest BCUT2D eigenvalue weighted by atomic mass is 127. The van der Waals surface area contributed by atoms with Gasteiger partial charge in [-0.2, -0.15) is 0 Å². The van der Waals surface area contributed by atoms with Crippen LogP contribution in [-0.2, 0) is 14.8 Å². The number of carbonyl (C=O) groups is 1. The molecule has 1 saturated heterocycles. The maximum atomic E-state index is 12.5. The molecule has 1 amide bonds. The molecule has 1 aromatic rings. The van der Waals surface area contributed by atoms with Crippen molar-refractivity contribution in [2.75, 3.05) is 39.8 Å². The second-order valence-corrected chi connectivity index (χ2v) is 10.4. The Bertz CT molecular complexity index is 818. The van der Waals surface area contributed by atoms with Crippen LogP contribution < -0.4 is 15.4 Å². The van der Waals surface area contributed by atoms with Gasteiger partial charge in [0.2, 0.25) is 15.9 Å². The van der Waals surface area contributed by atoms with E-state index in [0.29, 0.717) is 23.8 Å². The summed E-state index contributed by atoms with van der Waals surface area (Å²) < 4.78 is 27.6. The van der Waals surface area contributed by atoms with Gasteiger partial charge in [-0.3, -0.25) is 9.79 Å². The molecule has 0 aliphatic carbocycles. The molecule has 2 rings (SSSR count). The molecule has 0 radical (unpaired) electrons. The number of aryl methyl sites for hydroxylation is 2. The topological polar surface area (TPSA) is 103 Å². The number of nitrogens with zero attached hydrogens (tertiary/aromatic N) is 2. The van der Waals surface area contributed by atoms with Gasteiger partial charge in [0.05, 0.1) is 11.4 Å². The summed E-state index contributed by atoms with van der Waals surface area (Å²) in [6.07, 6.45) is 2.46. The van der Waals surface area contributed by atoms with Gasteiger partial charge in [0.15, 0.2) is 5.96 Å². The van der Waals surface area contributed by atoms with Crippen LogP contribution in [0.1, 0.15) is 35.9 Å². The molecule has 0 bridgehead atoms. The number of amides is 1. The lowest BCUT2D eigenvalue weighted by molar-refractivity contribution is -0.121. The maximum absolute atomic E-state index is 12.5.